The summed E-state index contributed by atoms with van der Waals surface area (Å²) in [4.78, 5) is 41.1. The topological polar surface area (TPSA) is 155 Å². The molecule has 0 saturated carbocycles. The minimum Gasteiger partial charge on any atom is -0.465 e. The molecule has 2 unspecified atom stereocenters. The largest absolute Gasteiger partial charge is 0.465 e. The standard InChI is InChI=1S/C28H36Cl2F2N4O8S/c1-6-43-25(44-7-2)15-35(16(3)4)26(37)17(5)36(23-10-9-19(31)13-21(23)32)27(38)22(34-28(39)40)14-33-45(41,42)24-11-8-18(29)12-20(24)30/h8-13,16-17,22,25,33-34H,6-7,14-15H2,1-5H3,(H,39,40). The molecule has 17 heteroatoms. The fourth-order valence-electron chi connectivity index (χ4n) is 4.27. The van der Waals surface area contributed by atoms with Gasteiger partial charge < -0.3 is 24.8 Å². The number of ether oxygens (including phenoxy) is 2. The van der Waals surface area contributed by atoms with Gasteiger partial charge in [-0.1, -0.05) is 23.2 Å². The molecule has 0 aliphatic rings. The summed E-state index contributed by atoms with van der Waals surface area (Å²) in [5.41, 5.74) is -0.557. The van der Waals surface area contributed by atoms with Crippen molar-refractivity contribution < 1.29 is 46.2 Å². The van der Waals surface area contributed by atoms with Gasteiger partial charge in [0.2, 0.25) is 15.9 Å². The Bertz CT molecular complexity index is 1460. The van der Waals surface area contributed by atoms with Crippen molar-refractivity contribution in [2.24, 2.45) is 0 Å². The fourth-order valence-corrected chi connectivity index (χ4v) is 6.09. The molecule has 3 amide bonds. The van der Waals surface area contributed by atoms with E-state index in [1.165, 1.54) is 24.0 Å². The average molecular weight is 698 g/mol. The number of carbonyl (C=O) groups is 3. The number of nitrogens with one attached hydrogen (secondary N) is 2. The first-order valence-corrected chi connectivity index (χ1v) is 16.0. The van der Waals surface area contributed by atoms with Gasteiger partial charge in [0, 0.05) is 36.9 Å². The maximum atomic E-state index is 15.2. The van der Waals surface area contributed by atoms with E-state index in [2.05, 4.69) is 4.72 Å². The molecule has 45 heavy (non-hydrogen) atoms. The van der Waals surface area contributed by atoms with E-state index in [1.807, 2.05) is 5.32 Å². The first-order valence-electron chi connectivity index (χ1n) is 13.8. The van der Waals surface area contributed by atoms with Crippen LogP contribution in [0, 0.1) is 11.6 Å². The molecular formula is C28H36Cl2F2N4O8S. The summed E-state index contributed by atoms with van der Waals surface area (Å²) in [6.07, 6.45) is -2.56. The van der Waals surface area contributed by atoms with E-state index in [-0.39, 0.29) is 29.8 Å². The van der Waals surface area contributed by atoms with Gasteiger partial charge >= 0.3 is 6.09 Å². The molecule has 0 aliphatic carbocycles. The van der Waals surface area contributed by atoms with Gasteiger partial charge in [0.15, 0.2) is 6.29 Å². The Hall–Kier alpha value is -3.08. The molecular weight excluding hydrogens is 661 g/mol. The van der Waals surface area contributed by atoms with E-state index < -0.39 is 81.1 Å². The Labute approximate surface area is 270 Å². The minimum atomic E-state index is -4.43. The highest BCUT2D eigenvalue weighted by molar-refractivity contribution is 7.89. The van der Waals surface area contributed by atoms with Crippen molar-refractivity contribution in [3.8, 4) is 0 Å². The summed E-state index contributed by atoms with van der Waals surface area (Å²) in [6.45, 7) is 7.70. The predicted molar refractivity (Wildman–Crippen MR) is 164 cm³/mol. The summed E-state index contributed by atoms with van der Waals surface area (Å²) >= 11 is 11.9. The van der Waals surface area contributed by atoms with Crippen LogP contribution < -0.4 is 14.9 Å². The van der Waals surface area contributed by atoms with Gasteiger partial charge in [-0.25, -0.2) is 26.7 Å². The quantitative estimate of drug-likeness (QED) is 0.220. The van der Waals surface area contributed by atoms with Crippen LogP contribution in [0.15, 0.2) is 41.3 Å². The Morgan fingerprint density at radius 1 is 0.978 bits per heavy atom. The average Bonchev–Trinajstić information content (AvgIpc) is 2.94. The molecule has 0 saturated heterocycles. The second-order valence-corrected chi connectivity index (χ2v) is 12.4. The molecule has 0 heterocycles. The van der Waals surface area contributed by atoms with Gasteiger partial charge in [0.25, 0.3) is 5.91 Å². The molecule has 250 valence electrons. The monoisotopic (exact) mass is 696 g/mol. The summed E-state index contributed by atoms with van der Waals surface area (Å²) in [5.74, 6) is -4.14. The van der Waals surface area contributed by atoms with Gasteiger partial charge in [-0.3, -0.25) is 14.5 Å². The lowest BCUT2D eigenvalue weighted by Crippen LogP contribution is -2.59. The number of sulfonamides is 1. The van der Waals surface area contributed by atoms with Crippen LogP contribution in [0.5, 0.6) is 0 Å². The van der Waals surface area contributed by atoms with Gasteiger partial charge in [0.1, 0.15) is 28.6 Å². The molecule has 0 spiro atoms. The molecule has 2 aromatic rings. The van der Waals surface area contributed by atoms with E-state index in [0.29, 0.717) is 11.0 Å². The lowest BCUT2D eigenvalue weighted by atomic mass is 10.1. The Balaban J connectivity index is 2.55. The molecule has 2 rings (SSSR count). The number of rotatable bonds is 16. The van der Waals surface area contributed by atoms with Crippen LogP contribution in [0.25, 0.3) is 0 Å². The van der Waals surface area contributed by atoms with Crippen LogP contribution in [0.4, 0.5) is 19.3 Å². The van der Waals surface area contributed by atoms with Gasteiger partial charge in [-0.15, -0.1) is 0 Å². The minimum absolute atomic E-state index is 0.0745. The smallest absolute Gasteiger partial charge is 0.405 e. The number of amides is 3. The Morgan fingerprint density at radius 2 is 1.60 bits per heavy atom. The maximum absolute atomic E-state index is 15.2. The van der Waals surface area contributed by atoms with E-state index >= 15 is 4.39 Å². The highest BCUT2D eigenvalue weighted by Gasteiger charge is 2.38. The molecule has 0 aliphatic heterocycles. The number of carboxylic acid groups (broad SMARTS) is 1. The van der Waals surface area contributed by atoms with Crippen LogP contribution in [0.2, 0.25) is 10.0 Å². The fraction of sp³-hybridized carbons (Fsp3) is 0.464. The zero-order valence-corrected chi connectivity index (χ0v) is 27.5. The maximum Gasteiger partial charge on any atom is 0.405 e. The molecule has 0 radical (unpaired) electrons. The SMILES string of the molecule is CCOC(CN(C(=O)C(C)N(C(=O)C(CNS(=O)(=O)c1ccc(Cl)cc1Cl)NC(=O)O)c1ccc(F)cc1F)C(C)C)OCC. The zero-order valence-electron chi connectivity index (χ0n) is 25.2. The van der Waals surface area contributed by atoms with Crippen LogP contribution in [-0.2, 0) is 29.1 Å². The molecule has 2 atom stereocenters. The Morgan fingerprint density at radius 3 is 2.11 bits per heavy atom. The van der Waals surface area contributed by atoms with E-state index in [1.54, 1.807) is 27.7 Å². The second-order valence-electron chi connectivity index (χ2n) is 9.83. The second kappa shape index (κ2) is 17.0. The molecule has 2 aromatic carbocycles. The first kappa shape index (κ1) is 38.1. The number of nitrogens with zero attached hydrogens (tertiary/aromatic N) is 2. The van der Waals surface area contributed by atoms with E-state index in [4.69, 9.17) is 32.7 Å². The summed E-state index contributed by atoms with van der Waals surface area (Å²) < 4.78 is 68.3. The van der Waals surface area contributed by atoms with Crippen molar-refractivity contribution in [2.75, 3.05) is 31.2 Å². The third-order valence-electron chi connectivity index (χ3n) is 6.37. The van der Waals surface area contributed by atoms with Crippen molar-refractivity contribution in [1.82, 2.24) is 14.9 Å². The lowest BCUT2D eigenvalue weighted by Gasteiger charge is -2.37. The van der Waals surface area contributed by atoms with Gasteiger partial charge in [-0.2, -0.15) is 0 Å². The zero-order chi connectivity index (χ0) is 34.1. The first-order chi connectivity index (χ1) is 21.0. The Kier molecular flexibility index (Phi) is 14.4. The number of anilines is 1. The van der Waals surface area contributed by atoms with Gasteiger partial charge in [-0.05, 0) is 65.0 Å². The molecule has 0 bridgehead atoms. The predicted octanol–water partition coefficient (Wildman–Crippen LogP) is 4.24. The molecule has 3 N–H and O–H groups in total. The van der Waals surface area contributed by atoms with Crippen molar-refractivity contribution >= 4 is 56.8 Å². The van der Waals surface area contributed by atoms with Gasteiger partial charge in [0.05, 0.1) is 17.3 Å². The van der Waals surface area contributed by atoms with E-state index in [9.17, 15) is 32.3 Å². The highest BCUT2D eigenvalue weighted by atomic mass is 35.5. The summed E-state index contributed by atoms with van der Waals surface area (Å²) in [7, 11) is -4.43. The van der Waals surface area contributed by atoms with Crippen molar-refractivity contribution in [3.63, 3.8) is 0 Å². The number of halogens is 4. The molecule has 0 aromatic heterocycles. The third-order valence-corrected chi connectivity index (χ3v) is 8.51. The van der Waals surface area contributed by atoms with Crippen molar-refractivity contribution in [1.29, 1.82) is 0 Å². The normalized spacial score (nSPS) is 13.0. The van der Waals surface area contributed by atoms with Crippen molar-refractivity contribution in [3.05, 3.63) is 58.1 Å². The van der Waals surface area contributed by atoms with Crippen LogP contribution >= 0.6 is 23.2 Å². The lowest BCUT2D eigenvalue weighted by molar-refractivity contribution is -0.162. The summed E-state index contributed by atoms with van der Waals surface area (Å²) in [6, 6.07) is 1.90. The third kappa shape index (κ3) is 10.5. The number of hydrogen-bond acceptors (Lipinski definition) is 7. The molecule has 12 nitrogen and oxygen atoms in total. The van der Waals surface area contributed by atoms with Crippen LogP contribution in [-0.4, -0.2) is 87.1 Å². The highest BCUT2D eigenvalue weighted by Crippen LogP contribution is 2.27. The molecule has 0 fully saturated rings. The van der Waals surface area contributed by atoms with Crippen LogP contribution in [0.1, 0.15) is 34.6 Å². The van der Waals surface area contributed by atoms with E-state index in [0.717, 1.165) is 18.2 Å². The van der Waals surface area contributed by atoms with Crippen LogP contribution in [0.3, 0.4) is 0 Å². The number of carbonyl (C=O) groups excluding carboxylic acids is 2. The summed E-state index contributed by atoms with van der Waals surface area (Å²) in [5, 5.41) is 11.3. The number of benzene rings is 2. The van der Waals surface area contributed by atoms with Crippen molar-refractivity contribution in [2.45, 2.75) is 63.9 Å². The number of hydrogen-bond donors (Lipinski definition) is 3.